The molecule has 0 atom stereocenters. The molecule has 0 saturated carbocycles. The molecule has 6 heteroatoms. The maximum Gasteiger partial charge on any atom is 0.0925 e. The second kappa shape index (κ2) is 7.77. The smallest absolute Gasteiger partial charge is 0.0925 e. The van der Waals surface area contributed by atoms with E-state index in [1.807, 2.05) is 18.5 Å². The Hall–Kier alpha value is -1.56. The number of imidazole rings is 1. The van der Waals surface area contributed by atoms with E-state index in [0.29, 0.717) is 0 Å². The maximum atomic E-state index is 6.11. The molecule has 0 unspecified atom stereocenters. The van der Waals surface area contributed by atoms with Crippen molar-refractivity contribution in [1.29, 1.82) is 0 Å². The monoisotopic (exact) mass is 359 g/mol. The van der Waals surface area contributed by atoms with Crippen LogP contribution in [0.3, 0.4) is 0 Å². The Balaban J connectivity index is 1.18. The molecule has 0 amide bonds. The lowest BCUT2D eigenvalue weighted by Crippen LogP contribution is -2.47. The fourth-order valence-corrected chi connectivity index (χ4v) is 4.06. The summed E-state index contributed by atoms with van der Waals surface area (Å²) in [6.07, 6.45) is 4.14. The van der Waals surface area contributed by atoms with Crippen LogP contribution >= 0.6 is 11.6 Å². The van der Waals surface area contributed by atoms with Crippen LogP contribution in [-0.2, 0) is 13.0 Å². The van der Waals surface area contributed by atoms with Crippen LogP contribution in [0.15, 0.2) is 30.6 Å². The minimum absolute atomic E-state index is 0.821. The summed E-state index contributed by atoms with van der Waals surface area (Å²) >= 11 is 6.11. The van der Waals surface area contributed by atoms with Gasteiger partial charge in [-0.05, 0) is 37.7 Å². The number of aromatic amines is 1. The number of hydrogen-bond acceptors (Lipinski definition) is 4. The minimum atomic E-state index is 0.821. The average molecular weight is 360 g/mol. The van der Waals surface area contributed by atoms with Crippen molar-refractivity contribution in [2.45, 2.75) is 19.4 Å². The van der Waals surface area contributed by atoms with Gasteiger partial charge in [0.15, 0.2) is 0 Å². The topological polar surface area (TPSA) is 38.4 Å². The van der Waals surface area contributed by atoms with Crippen molar-refractivity contribution in [3.63, 3.8) is 0 Å². The lowest BCUT2D eigenvalue weighted by molar-refractivity contribution is 0.208. The van der Waals surface area contributed by atoms with Crippen molar-refractivity contribution in [1.82, 2.24) is 19.8 Å². The van der Waals surface area contributed by atoms with Gasteiger partial charge in [0, 0.05) is 56.4 Å². The first-order valence-corrected chi connectivity index (χ1v) is 9.62. The van der Waals surface area contributed by atoms with Crippen LogP contribution in [0.5, 0.6) is 0 Å². The Morgan fingerprint density at radius 2 is 1.88 bits per heavy atom. The summed E-state index contributed by atoms with van der Waals surface area (Å²) in [4.78, 5) is 15.2. The number of benzene rings is 1. The minimum Gasteiger partial charge on any atom is -0.369 e. The van der Waals surface area contributed by atoms with E-state index in [1.165, 1.54) is 36.6 Å². The number of fused-ring (bicyclic) bond motifs is 1. The third kappa shape index (κ3) is 4.17. The molecule has 1 N–H and O–H groups in total. The van der Waals surface area contributed by atoms with Crippen molar-refractivity contribution in [3.8, 4) is 0 Å². The number of nitrogens with zero attached hydrogens (tertiary/aromatic N) is 4. The van der Waals surface area contributed by atoms with Gasteiger partial charge in [-0.25, -0.2) is 4.98 Å². The van der Waals surface area contributed by atoms with Gasteiger partial charge in [-0.1, -0.05) is 17.7 Å². The Morgan fingerprint density at radius 3 is 2.72 bits per heavy atom. The molecule has 0 spiro atoms. The Morgan fingerprint density at radius 1 is 1.04 bits per heavy atom. The molecule has 1 aromatic carbocycles. The van der Waals surface area contributed by atoms with Gasteiger partial charge in [-0.15, -0.1) is 0 Å². The van der Waals surface area contributed by atoms with Crippen molar-refractivity contribution in [3.05, 3.63) is 47.0 Å². The predicted octanol–water partition coefficient (Wildman–Crippen LogP) is 2.63. The van der Waals surface area contributed by atoms with Crippen LogP contribution in [0.4, 0.5) is 5.69 Å². The number of anilines is 1. The van der Waals surface area contributed by atoms with E-state index in [9.17, 15) is 0 Å². The molecule has 134 valence electrons. The molecule has 2 aromatic rings. The van der Waals surface area contributed by atoms with Gasteiger partial charge in [-0.2, -0.15) is 0 Å². The van der Waals surface area contributed by atoms with Gasteiger partial charge in [0.05, 0.1) is 17.7 Å². The quantitative estimate of drug-likeness (QED) is 0.890. The van der Waals surface area contributed by atoms with Crippen molar-refractivity contribution >= 4 is 17.3 Å². The number of piperazine rings is 1. The molecular weight excluding hydrogens is 334 g/mol. The molecular formula is C19H26ClN5. The van der Waals surface area contributed by atoms with Gasteiger partial charge in [0.25, 0.3) is 0 Å². The van der Waals surface area contributed by atoms with Gasteiger partial charge >= 0.3 is 0 Å². The largest absolute Gasteiger partial charge is 0.369 e. The van der Waals surface area contributed by atoms with Crippen LogP contribution in [0, 0.1) is 0 Å². The van der Waals surface area contributed by atoms with Crippen LogP contribution in [0.2, 0.25) is 5.02 Å². The van der Waals surface area contributed by atoms with E-state index < -0.39 is 0 Å². The highest BCUT2D eigenvalue weighted by Crippen LogP contribution is 2.21. The van der Waals surface area contributed by atoms with E-state index in [0.717, 1.165) is 50.7 Å². The lowest BCUT2D eigenvalue weighted by Gasteiger charge is -2.36. The second-order valence-corrected chi connectivity index (χ2v) is 7.45. The molecule has 1 aromatic heterocycles. The molecule has 0 bridgehead atoms. The molecule has 0 aliphatic carbocycles. The number of nitrogens with one attached hydrogen (secondary N) is 1. The summed E-state index contributed by atoms with van der Waals surface area (Å²) < 4.78 is 0. The van der Waals surface area contributed by atoms with Gasteiger partial charge in [0.1, 0.15) is 0 Å². The molecule has 1 fully saturated rings. The van der Waals surface area contributed by atoms with E-state index in [2.05, 4.69) is 36.8 Å². The molecule has 2 aliphatic rings. The molecule has 25 heavy (non-hydrogen) atoms. The maximum absolute atomic E-state index is 6.11. The lowest BCUT2D eigenvalue weighted by atomic mass is 10.1. The van der Waals surface area contributed by atoms with E-state index >= 15 is 0 Å². The highest BCUT2D eigenvalue weighted by molar-refractivity contribution is 6.30. The number of halogens is 1. The van der Waals surface area contributed by atoms with Gasteiger partial charge in [-0.3, -0.25) is 9.80 Å². The third-order valence-corrected chi connectivity index (χ3v) is 5.58. The van der Waals surface area contributed by atoms with E-state index in [4.69, 9.17) is 11.6 Å². The van der Waals surface area contributed by atoms with Crippen LogP contribution in [-0.4, -0.2) is 65.6 Å². The number of hydrogen-bond donors (Lipinski definition) is 1. The number of aromatic nitrogens is 2. The van der Waals surface area contributed by atoms with Crippen LogP contribution < -0.4 is 4.90 Å². The van der Waals surface area contributed by atoms with Crippen LogP contribution in [0.25, 0.3) is 0 Å². The number of rotatable bonds is 5. The van der Waals surface area contributed by atoms with E-state index in [-0.39, 0.29) is 0 Å². The van der Waals surface area contributed by atoms with Crippen molar-refractivity contribution in [2.24, 2.45) is 0 Å². The fraction of sp³-hybridized carbons (Fsp3) is 0.526. The number of H-pyrrole nitrogens is 1. The SMILES string of the molecule is Clc1cccc(N2CCN(CCCN3CCc4nc[nH]c4C3)CC2)c1. The molecule has 4 rings (SSSR count). The van der Waals surface area contributed by atoms with Crippen LogP contribution in [0.1, 0.15) is 17.8 Å². The summed E-state index contributed by atoms with van der Waals surface area (Å²) in [5.41, 5.74) is 3.81. The summed E-state index contributed by atoms with van der Waals surface area (Å²) in [7, 11) is 0. The third-order valence-electron chi connectivity index (χ3n) is 5.35. The van der Waals surface area contributed by atoms with Crippen molar-refractivity contribution < 1.29 is 0 Å². The molecule has 1 saturated heterocycles. The predicted molar refractivity (Wildman–Crippen MR) is 102 cm³/mol. The standard InChI is InChI=1S/C19H26ClN5/c20-16-3-1-4-17(13-16)25-11-9-23(10-12-25)6-2-7-24-8-5-18-19(14-24)22-15-21-18/h1,3-4,13,15H,2,5-12,14H2,(H,21,22). The molecule has 0 radical (unpaired) electrons. The normalized spacial score (nSPS) is 19.2. The van der Waals surface area contributed by atoms with Gasteiger partial charge in [0.2, 0.25) is 0 Å². The fourth-order valence-electron chi connectivity index (χ4n) is 3.88. The van der Waals surface area contributed by atoms with Crippen molar-refractivity contribution in [2.75, 3.05) is 50.7 Å². The zero-order valence-electron chi connectivity index (χ0n) is 14.6. The molecule has 2 aliphatic heterocycles. The average Bonchev–Trinajstić information content (AvgIpc) is 3.10. The first-order chi connectivity index (χ1) is 12.3. The summed E-state index contributed by atoms with van der Waals surface area (Å²) in [6.45, 7) is 8.97. The molecule has 3 heterocycles. The highest BCUT2D eigenvalue weighted by Gasteiger charge is 2.19. The first-order valence-electron chi connectivity index (χ1n) is 9.24. The second-order valence-electron chi connectivity index (χ2n) is 7.02. The molecule has 5 nitrogen and oxygen atoms in total. The highest BCUT2D eigenvalue weighted by atomic mass is 35.5. The summed E-state index contributed by atoms with van der Waals surface area (Å²) in [5, 5.41) is 0.821. The summed E-state index contributed by atoms with van der Waals surface area (Å²) in [5.74, 6) is 0. The Labute approximate surface area is 154 Å². The van der Waals surface area contributed by atoms with Gasteiger partial charge < -0.3 is 9.88 Å². The zero-order valence-corrected chi connectivity index (χ0v) is 15.4. The zero-order chi connectivity index (χ0) is 17.1. The van der Waals surface area contributed by atoms with E-state index in [1.54, 1.807) is 0 Å². The Bertz CT molecular complexity index is 693. The first kappa shape index (κ1) is 16.9. The summed E-state index contributed by atoms with van der Waals surface area (Å²) in [6, 6.07) is 8.20. The Kier molecular flexibility index (Phi) is 5.25.